The highest BCUT2D eigenvalue weighted by molar-refractivity contribution is 6.33. The lowest BCUT2D eigenvalue weighted by Crippen LogP contribution is -2.36. The van der Waals surface area contributed by atoms with Crippen molar-refractivity contribution in [1.29, 1.82) is 0 Å². The quantitative estimate of drug-likeness (QED) is 0.574. The molecule has 1 aromatic rings. The summed E-state index contributed by atoms with van der Waals surface area (Å²) in [5, 5.41) is 0.210. The van der Waals surface area contributed by atoms with E-state index in [1.54, 1.807) is 0 Å². The summed E-state index contributed by atoms with van der Waals surface area (Å²) >= 11 is 5.96. The van der Waals surface area contributed by atoms with Gasteiger partial charge >= 0.3 is 11.9 Å². The van der Waals surface area contributed by atoms with Crippen LogP contribution >= 0.6 is 11.6 Å². The molecule has 0 unspecified atom stereocenters. The van der Waals surface area contributed by atoms with Gasteiger partial charge in [0.1, 0.15) is 17.4 Å². The van der Waals surface area contributed by atoms with Crippen molar-refractivity contribution in [3.05, 3.63) is 22.7 Å². The van der Waals surface area contributed by atoms with Crippen molar-refractivity contribution < 1.29 is 23.8 Å². The molecular weight excluding hydrogens is 370 g/mol. The van der Waals surface area contributed by atoms with Crippen LogP contribution in [0.2, 0.25) is 5.02 Å². The van der Waals surface area contributed by atoms with Crippen molar-refractivity contribution in [2.45, 2.75) is 46.1 Å². The summed E-state index contributed by atoms with van der Waals surface area (Å²) in [5.41, 5.74) is 6.10. The molecule has 150 valence electrons. The summed E-state index contributed by atoms with van der Waals surface area (Å²) in [7, 11) is 1.41. The van der Waals surface area contributed by atoms with Crippen LogP contribution in [-0.4, -0.2) is 31.8 Å². The summed E-state index contributed by atoms with van der Waals surface area (Å²) in [6.45, 7) is 5.98. The van der Waals surface area contributed by atoms with E-state index < -0.39 is 18.5 Å². The molecule has 1 aliphatic rings. The van der Waals surface area contributed by atoms with Gasteiger partial charge in [-0.25, -0.2) is 9.59 Å². The average Bonchev–Trinajstić information content (AvgIpc) is 2.61. The number of nitrogens with two attached hydrogens (primary N) is 1. The molecule has 0 spiro atoms. The summed E-state index contributed by atoms with van der Waals surface area (Å²) in [5.74, 6) is 0.241. The number of carbonyl (C=O) groups excluding carboxylic acids is 2. The SMILES string of the molecule is COc1cc(N)c(Cl)cc1C(=O)OCC(=O)O[C@H]1C[C@@H](C)CC[C@@H]1C(C)C. The molecule has 27 heavy (non-hydrogen) atoms. The normalized spacial score (nSPS) is 22.4. The molecule has 0 saturated heterocycles. The molecule has 6 nitrogen and oxygen atoms in total. The molecule has 2 N–H and O–H groups in total. The average molecular weight is 398 g/mol. The van der Waals surface area contributed by atoms with Crippen LogP contribution in [0.4, 0.5) is 5.69 Å². The summed E-state index contributed by atoms with van der Waals surface area (Å²) < 4.78 is 15.9. The highest BCUT2D eigenvalue weighted by Gasteiger charge is 2.33. The summed E-state index contributed by atoms with van der Waals surface area (Å²) in [6.07, 6.45) is 2.88. The molecule has 0 radical (unpaired) electrons. The van der Waals surface area contributed by atoms with Crippen LogP contribution in [-0.2, 0) is 14.3 Å². The smallest absolute Gasteiger partial charge is 0.344 e. The number of ether oxygens (including phenoxy) is 3. The van der Waals surface area contributed by atoms with Crippen molar-refractivity contribution in [3.63, 3.8) is 0 Å². The van der Waals surface area contributed by atoms with Crippen LogP contribution in [0.1, 0.15) is 50.4 Å². The minimum atomic E-state index is -0.719. The monoisotopic (exact) mass is 397 g/mol. The van der Waals surface area contributed by atoms with Gasteiger partial charge < -0.3 is 19.9 Å². The number of nitrogen functional groups attached to an aromatic ring is 1. The number of carbonyl (C=O) groups is 2. The molecule has 0 bridgehead atoms. The van der Waals surface area contributed by atoms with E-state index in [9.17, 15) is 9.59 Å². The van der Waals surface area contributed by atoms with E-state index in [4.69, 9.17) is 31.5 Å². The Kier molecular flexibility index (Phi) is 7.36. The van der Waals surface area contributed by atoms with Crippen LogP contribution in [0, 0.1) is 17.8 Å². The van der Waals surface area contributed by atoms with Crippen molar-refractivity contribution in [3.8, 4) is 5.75 Å². The molecule has 3 atom stereocenters. The van der Waals surface area contributed by atoms with Gasteiger partial charge in [0.05, 0.1) is 17.8 Å². The van der Waals surface area contributed by atoms with Gasteiger partial charge in [-0.15, -0.1) is 0 Å². The summed E-state index contributed by atoms with van der Waals surface area (Å²) in [4.78, 5) is 24.5. The van der Waals surface area contributed by atoms with Gasteiger partial charge in [0.25, 0.3) is 0 Å². The van der Waals surface area contributed by atoms with Crippen molar-refractivity contribution in [2.75, 3.05) is 19.5 Å². The number of esters is 2. The molecule has 1 aliphatic carbocycles. The van der Waals surface area contributed by atoms with E-state index in [2.05, 4.69) is 20.8 Å². The summed E-state index contributed by atoms with van der Waals surface area (Å²) in [6, 6.07) is 2.80. The van der Waals surface area contributed by atoms with Crippen LogP contribution in [0.5, 0.6) is 5.75 Å². The molecule has 1 aromatic carbocycles. The fraction of sp³-hybridized carbons (Fsp3) is 0.600. The predicted octanol–water partition coefficient (Wildman–Crippen LogP) is 4.09. The number of benzene rings is 1. The third-order valence-electron chi connectivity index (χ3n) is 5.10. The van der Waals surface area contributed by atoms with E-state index in [1.165, 1.54) is 19.2 Å². The van der Waals surface area contributed by atoms with E-state index in [0.29, 0.717) is 17.8 Å². The zero-order valence-corrected chi connectivity index (χ0v) is 17.0. The number of hydrogen-bond donors (Lipinski definition) is 1. The van der Waals surface area contributed by atoms with E-state index in [1.807, 2.05) is 0 Å². The molecule has 0 heterocycles. The van der Waals surface area contributed by atoms with Crippen molar-refractivity contribution >= 4 is 29.2 Å². The first-order valence-electron chi connectivity index (χ1n) is 9.22. The standard InChI is InChI=1S/C20H28ClNO5/c1-11(2)13-6-5-12(3)7-18(13)27-19(23)10-26-20(24)14-8-15(21)16(22)9-17(14)25-4/h8-9,11-13,18H,5-7,10,22H2,1-4H3/t12-,13+,18-/m0/s1. The van der Waals surface area contributed by atoms with Gasteiger partial charge in [-0.3, -0.25) is 0 Å². The third-order valence-corrected chi connectivity index (χ3v) is 5.43. The molecule has 0 aliphatic heterocycles. The molecule has 1 fully saturated rings. The topological polar surface area (TPSA) is 87.9 Å². The Balaban J connectivity index is 1.97. The lowest BCUT2D eigenvalue weighted by molar-refractivity contribution is -0.159. The Hall–Kier alpha value is -1.95. The second-order valence-electron chi connectivity index (χ2n) is 7.50. The highest BCUT2D eigenvalue weighted by Crippen LogP contribution is 2.35. The number of anilines is 1. The minimum Gasteiger partial charge on any atom is -0.496 e. The fourth-order valence-corrected chi connectivity index (χ4v) is 3.72. The Morgan fingerprint density at radius 1 is 1.30 bits per heavy atom. The maximum Gasteiger partial charge on any atom is 0.344 e. The van der Waals surface area contributed by atoms with Crippen LogP contribution < -0.4 is 10.5 Å². The van der Waals surface area contributed by atoms with Crippen LogP contribution in [0.15, 0.2) is 12.1 Å². The molecule has 0 amide bonds. The zero-order chi connectivity index (χ0) is 20.1. The molecule has 2 rings (SSSR count). The third kappa shape index (κ3) is 5.51. The molecule has 0 aromatic heterocycles. The molecular formula is C20H28ClNO5. The first kappa shape index (κ1) is 21.4. The second-order valence-corrected chi connectivity index (χ2v) is 7.91. The maximum absolute atomic E-state index is 12.3. The minimum absolute atomic E-state index is 0.107. The van der Waals surface area contributed by atoms with Gasteiger partial charge in [0.2, 0.25) is 0 Å². The van der Waals surface area contributed by atoms with Gasteiger partial charge in [-0.1, -0.05) is 38.8 Å². The molecule has 7 heteroatoms. The van der Waals surface area contributed by atoms with Crippen LogP contribution in [0.3, 0.4) is 0 Å². The number of halogens is 1. The fourth-order valence-electron chi connectivity index (χ4n) is 3.55. The Morgan fingerprint density at radius 3 is 2.63 bits per heavy atom. The Labute approximate surface area is 165 Å². The molecule has 1 saturated carbocycles. The van der Waals surface area contributed by atoms with Gasteiger partial charge in [0.15, 0.2) is 6.61 Å². The Morgan fingerprint density at radius 2 is 2.00 bits per heavy atom. The first-order chi connectivity index (χ1) is 12.7. The second kappa shape index (κ2) is 9.31. The van der Waals surface area contributed by atoms with Crippen molar-refractivity contribution in [1.82, 2.24) is 0 Å². The van der Waals surface area contributed by atoms with Crippen LogP contribution in [0.25, 0.3) is 0 Å². The predicted molar refractivity (Wildman–Crippen MR) is 104 cm³/mol. The Bertz CT molecular complexity index is 691. The number of rotatable bonds is 6. The van der Waals surface area contributed by atoms with E-state index >= 15 is 0 Å². The maximum atomic E-state index is 12.3. The van der Waals surface area contributed by atoms with Gasteiger partial charge in [0, 0.05) is 6.07 Å². The van der Waals surface area contributed by atoms with Gasteiger partial charge in [-0.05, 0) is 36.7 Å². The van der Waals surface area contributed by atoms with E-state index in [-0.39, 0.29) is 28.1 Å². The lowest BCUT2D eigenvalue weighted by atomic mass is 9.75. The zero-order valence-electron chi connectivity index (χ0n) is 16.3. The lowest BCUT2D eigenvalue weighted by Gasteiger charge is -2.36. The van der Waals surface area contributed by atoms with E-state index in [0.717, 1.165) is 19.3 Å². The largest absolute Gasteiger partial charge is 0.496 e. The highest BCUT2D eigenvalue weighted by atomic mass is 35.5. The van der Waals surface area contributed by atoms with Gasteiger partial charge in [-0.2, -0.15) is 0 Å². The first-order valence-corrected chi connectivity index (χ1v) is 9.60. The number of hydrogen-bond acceptors (Lipinski definition) is 6. The van der Waals surface area contributed by atoms with Crippen molar-refractivity contribution in [2.24, 2.45) is 17.8 Å². The number of methoxy groups -OCH3 is 1.